The van der Waals surface area contributed by atoms with E-state index in [0.717, 1.165) is 6.20 Å². The average Bonchev–Trinajstić information content (AvgIpc) is 2.73. The topological polar surface area (TPSA) is 108 Å². The van der Waals surface area contributed by atoms with E-state index in [1.807, 2.05) is 4.83 Å². The third-order valence-electron chi connectivity index (χ3n) is 4.12. The number of benzene rings is 2. The Morgan fingerprint density at radius 2 is 1.55 bits per heavy atom. The molecule has 8 nitrogen and oxygen atoms in total. The summed E-state index contributed by atoms with van der Waals surface area (Å²) in [6.45, 7) is 1.88. The highest BCUT2D eigenvalue weighted by atomic mass is 32.2. The fourth-order valence-corrected chi connectivity index (χ4v) is 4.99. The first kappa shape index (κ1) is 22.6. The quantitative estimate of drug-likeness (QED) is 0.492. The molecule has 0 amide bonds. The van der Waals surface area contributed by atoms with E-state index in [2.05, 4.69) is 10.4 Å². The summed E-state index contributed by atoms with van der Waals surface area (Å²) in [6, 6.07) is 12.9. The predicted octanol–water partition coefficient (Wildman–Crippen LogP) is 2.88. The lowest BCUT2D eigenvalue weighted by Crippen LogP contribution is -2.31. The third kappa shape index (κ3) is 5.16. The largest absolute Gasteiger partial charge is 0.292 e. The van der Waals surface area contributed by atoms with E-state index in [-0.39, 0.29) is 17.3 Å². The van der Waals surface area contributed by atoms with E-state index in [1.54, 1.807) is 37.3 Å². The maximum Gasteiger partial charge on any atom is 0.265 e. The van der Waals surface area contributed by atoms with Crippen molar-refractivity contribution in [3.8, 4) is 0 Å². The van der Waals surface area contributed by atoms with Crippen LogP contribution in [0.3, 0.4) is 0 Å². The lowest BCUT2D eigenvalue weighted by molar-refractivity contribution is 0.564. The van der Waals surface area contributed by atoms with Crippen molar-refractivity contribution in [2.24, 2.45) is 0 Å². The van der Waals surface area contributed by atoms with Gasteiger partial charge in [0.05, 0.1) is 10.6 Å². The van der Waals surface area contributed by atoms with Gasteiger partial charge in [-0.1, -0.05) is 18.2 Å². The summed E-state index contributed by atoms with van der Waals surface area (Å²) in [5, 5.41) is 0. The van der Waals surface area contributed by atoms with Gasteiger partial charge in [-0.2, -0.15) is 0 Å². The number of para-hydroxylation sites is 1. The number of halogens is 2. The molecule has 0 spiro atoms. The molecule has 0 bridgehead atoms. The molecule has 0 aliphatic carbocycles. The molecular weight excluding hydrogens is 450 g/mol. The van der Waals surface area contributed by atoms with Crippen LogP contribution >= 0.6 is 0 Å². The Kier molecular flexibility index (Phi) is 6.53. The van der Waals surface area contributed by atoms with Gasteiger partial charge >= 0.3 is 0 Å². The molecule has 31 heavy (non-hydrogen) atoms. The first-order valence-corrected chi connectivity index (χ1v) is 11.8. The molecule has 0 fully saturated rings. The number of hydrogen-bond acceptors (Lipinski definition) is 6. The van der Waals surface area contributed by atoms with Crippen molar-refractivity contribution in [1.82, 2.24) is 9.82 Å². The van der Waals surface area contributed by atoms with Gasteiger partial charge < -0.3 is 0 Å². The second kappa shape index (κ2) is 8.96. The standard InChI is InChI=1S/C19H18F2N4O4S2/c1-2-25(16-6-4-3-5-7-16)31(28,29)17-8-9-19(22-13-17)23-24-30(26,27)18-11-14(20)10-15(21)12-18/h3-13,24H,2H2,1H3,(H,22,23). The van der Waals surface area contributed by atoms with Gasteiger partial charge in [0, 0.05) is 18.8 Å². The van der Waals surface area contributed by atoms with Gasteiger partial charge in [0.1, 0.15) is 22.3 Å². The zero-order chi connectivity index (χ0) is 22.6. The summed E-state index contributed by atoms with van der Waals surface area (Å²) in [6.07, 6.45) is 1.07. The molecule has 164 valence electrons. The molecule has 2 aromatic carbocycles. The summed E-state index contributed by atoms with van der Waals surface area (Å²) < 4.78 is 78.0. The Labute approximate surface area is 178 Å². The van der Waals surface area contributed by atoms with Crippen molar-refractivity contribution in [3.63, 3.8) is 0 Å². The van der Waals surface area contributed by atoms with E-state index >= 15 is 0 Å². The maximum atomic E-state index is 13.3. The van der Waals surface area contributed by atoms with Crippen LogP contribution in [-0.2, 0) is 20.0 Å². The SMILES string of the molecule is CCN(c1ccccc1)S(=O)(=O)c1ccc(NNS(=O)(=O)c2cc(F)cc(F)c2)nc1. The Morgan fingerprint density at radius 1 is 0.903 bits per heavy atom. The van der Waals surface area contributed by atoms with E-state index in [0.29, 0.717) is 23.9 Å². The molecule has 0 saturated carbocycles. The molecule has 0 unspecified atom stereocenters. The van der Waals surface area contributed by atoms with Crippen LogP contribution in [0.2, 0.25) is 0 Å². The Hall–Kier alpha value is -3.09. The summed E-state index contributed by atoms with van der Waals surface area (Å²) in [4.78, 5) is 5.10. The zero-order valence-corrected chi connectivity index (χ0v) is 17.8. The number of hydrazine groups is 1. The van der Waals surface area contributed by atoms with Crippen LogP contribution in [0.5, 0.6) is 0 Å². The molecule has 1 heterocycles. The van der Waals surface area contributed by atoms with Crippen LogP contribution in [0, 0.1) is 11.6 Å². The molecule has 12 heteroatoms. The smallest absolute Gasteiger partial charge is 0.265 e. The highest BCUT2D eigenvalue weighted by Gasteiger charge is 2.24. The normalized spacial score (nSPS) is 11.8. The predicted molar refractivity (Wildman–Crippen MR) is 111 cm³/mol. The fourth-order valence-electron chi connectivity index (χ4n) is 2.68. The number of sulfonamides is 2. The first-order chi connectivity index (χ1) is 14.6. The van der Waals surface area contributed by atoms with E-state index in [4.69, 9.17) is 0 Å². The summed E-state index contributed by atoms with van der Waals surface area (Å²) >= 11 is 0. The van der Waals surface area contributed by atoms with Gasteiger partial charge in [0.2, 0.25) is 0 Å². The molecule has 0 radical (unpaired) electrons. The Balaban J connectivity index is 1.77. The lowest BCUT2D eigenvalue weighted by atomic mass is 10.3. The molecule has 0 saturated heterocycles. The average molecular weight is 469 g/mol. The van der Waals surface area contributed by atoms with Crippen LogP contribution in [0.4, 0.5) is 20.3 Å². The zero-order valence-electron chi connectivity index (χ0n) is 16.2. The van der Waals surface area contributed by atoms with Gasteiger partial charge in [0.25, 0.3) is 20.0 Å². The van der Waals surface area contributed by atoms with Crippen LogP contribution < -0.4 is 14.6 Å². The van der Waals surface area contributed by atoms with E-state index < -0.39 is 36.6 Å². The number of hydrogen-bond donors (Lipinski definition) is 2. The van der Waals surface area contributed by atoms with Crippen LogP contribution in [0.1, 0.15) is 6.92 Å². The van der Waals surface area contributed by atoms with Crippen LogP contribution in [0.25, 0.3) is 0 Å². The minimum atomic E-state index is -4.30. The molecule has 2 N–H and O–H groups in total. The number of nitrogens with zero attached hydrogens (tertiary/aromatic N) is 2. The number of aromatic nitrogens is 1. The van der Waals surface area contributed by atoms with Gasteiger partial charge in [-0.05, 0) is 43.3 Å². The van der Waals surface area contributed by atoms with Crippen molar-refractivity contribution in [3.05, 3.63) is 78.5 Å². The number of rotatable bonds is 8. The summed E-state index contributed by atoms with van der Waals surface area (Å²) in [5.41, 5.74) is 2.76. The molecular formula is C19H18F2N4O4S2. The first-order valence-electron chi connectivity index (χ1n) is 8.91. The highest BCUT2D eigenvalue weighted by molar-refractivity contribution is 7.92. The van der Waals surface area contributed by atoms with Crippen molar-refractivity contribution in [2.45, 2.75) is 16.7 Å². The van der Waals surface area contributed by atoms with Gasteiger partial charge in [-0.15, -0.1) is 4.83 Å². The minimum absolute atomic E-state index is 0.0258. The van der Waals surface area contributed by atoms with Crippen molar-refractivity contribution in [2.75, 3.05) is 16.3 Å². The number of anilines is 2. The molecule has 0 atom stereocenters. The highest BCUT2D eigenvalue weighted by Crippen LogP contribution is 2.23. The molecule has 0 aliphatic heterocycles. The van der Waals surface area contributed by atoms with Crippen molar-refractivity contribution >= 4 is 31.6 Å². The van der Waals surface area contributed by atoms with Gasteiger partial charge in [-0.25, -0.2) is 30.6 Å². The number of pyridine rings is 1. The third-order valence-corrected chi connectivity index (χ3v) is 7.23. The number of nitrogens with one attached hydrogen (secondary N) is 2. The maximum absolute atomic E-state index is 13.3. The monoisotopic (exact) mass is 468 g/mol. The molecule has 1 aromatic heterocycles. The Morgan fingerprint density at radius 3 is 2.10 bits per heavy atom. The van der Waals surface area contributed by atoms with Crippen LogP contribution in [0.15, 0.2) is 76.7 Å². The van der Waals surface area contributed by atoms with E-state index in [9.17, 15) is 25.6 Å². The van der Waals surface area contributed by atoms with Gasteiger partial charge in [-0.3, -0.25) is 9.73 Å². The van der Waals surface area contributed by atoms with Gasteiger partial charge in [0.15, 0.2) is 0 Å². The summed E-state index contributed by atoms with van der Waals surface area (Å²) in [5.74, 6) is -2.12. The van der Waals surface area contributed by atoms with Crippen molar-refractivity contribution in [1.29, 1.82) is 0 Å². The molecule has 3 aromatic rings. The van der Waals surface area contributed by atoms with E-state index in [1.165, 1.54) is 16.4 Å². The van der Waals surface area contributed by atoms with Crippen molar-refractivity contribution < 1.29 is 25.6 Å². The second-order valence-electron chi connectivity index (χ2n) is 6.22. The Bertz CT molecular complexity index is 1250. The minimum Gasteiger partial charge on any atom is -0.292 e. The van der Waals surface area contributed by atoms with Crippen LogP contribution in [-0.4, -0.2) is 28.4 Å². The molecule has 0 aliphatic rings. The second-order valence-corrected chi connectivity index (χ2v) is 9.76. The summed E-state index contributed by atoms with van der Waals surface area (Å²) in [7, 11) is -8.20. The fraction of sp³-hybridized carbons (Fsp3) is 0.105. The lowest BCUT2D eigenvalue weighted by Gasteiger charge is -2.22. The molecule has 3 rings (SSSR count).